The predicted molar refractivity (Wildman–Crippen MR) is 107 cm³/mol. The van der Waals surface area contributed by atoms with Crippen molar-refractivity contribution in [1.82, 2.24) is 0 Å². The number of anilines is 1. The number of carbonyl (C=O) groups excluding carboxylic acids is 2. The molecule has 2 aliphatic heterocycles. The molecule has 2 atom stereocenters. The van der Waals surface area contributed by atoms with Gasteiger partial charge in [-0.1, -0.05) is 18.2 Å². The number of hydrogen-bond acceptors (Lipinski definition) is 5. The summed E-state index contributed by atoms with van der Waals surface area (Å²) < 4.78 is 56.9. The number of amides is 1. The second-order valence-electron chi connectivity index (χ2n) is 7.17. The maximum atomic E-state index is 13.5. The molecular formula is C21H17BrF3NO5. The lowest BCUT2D eigenvalue weighted by atomic mass is 9.97. The average Bonchev–Trinajstić information content (AvgIpc) is 3.33. The molecule has 2 heterocycles. The minimum Gasteiger partial charge on any atom is -0.493 e. The molecule has 0 spiro atoms. The number of esters is 1. The molecule has 31 heavy (non-hydrogen) atoms. The van der Waals surface area contributed by atoms with Crippen LogP contribution in [0.1, 0.15) is 29.5 Å². The van der Waals surface area contributed by atoms with Crippen molar-refractivity contribution < 1.29 is 37.0 Å². The fraction of sp³-hybridized carbons (Fsp3) is 0.333. The lowest BCUT2D eigenvalue weighted by molar-refractivity contribution is -0.171. The summed E-state index contributed by atoms with van der Waals surface area (Å²) in [4.78, 5) is 24.7. The minimum atomic E-state index is -5.08. The molecule has 1 amide bonds. The number of para-hydroxylation sites is 1. The van der Waals surface area contributed by atoms with E-state index in [-0.39, 0.29) is 31.2 Å². The van der Waals surface area contributed by atoms with Gasteiger partial charge in [-0.25, -0.2) is 0 Å². The van der Waals surface area contributed by atoms with Gasteiger partial charge in [0.1, 0.15) is 18.1 Å². The fourth-order valence-corrected chi connectivity index (χ4v) is 4.35. The van der Waals surface area contributed by atoms with Crippen molar-refractivity contribution in [3.63, 3.8) is 0 Å². The number of alkyl halides is 3. The summed E-state index contributed by atoms with van der Waals surface area (Å²) in [6.45, 7) is 0.0755. The molecular weight excluding hydrogens is 483 g/mol. The van der Waals surface area contributed by atoms with Crippen LogP contribution in [0.5, 0.6) is 11.5 Å². The van der Waals surface area contributed by atoms with Gasteiger partial charge in [0.2, 0.25) is 0 Å². The van der Waals surface area contributed by atoms with Crippen molar-refractivity contribution in [2.45, 2.75) is 24.6 Å². The Kier molecular flexibility index (Phi) is 5.59. The van der Waals surface area contributed by atoms with Crippen LogP contribution in [0, 0.1) is 0 Å². The summed E-state index contributed by atoms with van der Waals surface area (Å²) in [5.74, 6) is -1.94. The highest BCUT2D eigenvalue weighted by atomic mass is 79.9. The zero-order chi connectivity index (χ0) is 22.3. The minimum absolute atomic E-state index is 0.0289. The van der Waals surface area contributed by atoms with E-state index in [0.717, 1.165) is 0 Å². The zero-order valence-corrected chi connectivity index (χ0v) is 17.8. The number of halogens is 4. The van der Waals surface area contributed by atoms with E-state index in [1.54, 1.807) is 24.3 Å². The van der Waals surface area contributed by atoms with Crippen molar-refractivity contribution in [3.8, 4) is 11.5 Å². The van der Waals surface area contributed by atoms with E-state index >= 15 is 0 Å². The van der Waals surface area contributed by atoms with Gasteiger partial charge in [0.05, 0.1) is 30.7 Å². The summed E-state index contributed by atoms with van der Waals surface area (Å²) in [7, 11) is 1.28. The quantitative estimate of drug-likeness (QED) is 0.578. The first kappa shape index (κ1) is 21.5. The molecule has 4 rings (SSSR count). The average molecular weight is 500 g/mol. The number of ether oxygens (including phenoxy) is 3. The Labute approximate surface area is 184 Å². The van der Waals surface area contributed by atoms with Crippen molar-refractivity contribution in [1.29, 1.82) is 0 Å². The van der Waals surface area contributed by atoms with E-state index in [4.69, 9.17) is 9.47 Å². The Balaban J connectivity index is 1.73. The van der Waals surface area contributed by atoms with Crippen LogP contribution in [0.25, 0.3) is 0 Å². The SMILES string of the molecule is COC(=O)C[C@@H]1COc2cc(N(C(=O)C(F)(F)F)C3COc4c(Br)cccc43)ccc21. The lowest BCUT2D eigenvalue weighted by Gasteiger charge is -2.29. The topological polar surface area (TPSA) is 65.1 Å². The van der Waals surface area contributed by atoms with Crippen molar-refractivity contribution in [3.05, 3.63) is 52.0 Å². The first-order valence-corrected chi connectivity index (χ1v) is 10.1. The molecule has 0 radical (unpaired) electrons. The van der Waals surface area contributed by atoms with E-state index in [2.05, 4.69) is 20.7 Å². The van der Waals surface area contributed by atoms with Gasteiger partial charge >= 0.3 is 18.1 Å². The normalized spacial score (nSPS) is 19.1. The van der Waals surface area contributed by atoms with Gasteiger partial charge in [0.15, 0.2) is 0 Å². The number of nitrogens with zero attached hydrogens (tertiary/aromatic N) is 1. The maximum absolute atomic E-state index is 13.5. The van der Waals surface area contributed by atoms with Crippen LogP contribution in [0.2, 0.25) is 0 Å². The molecule has 2 aliphatic rings. The van der Waals surface area contributed by atoms with E-state index in [9.17, 15) is 22.8 Å². The smallest absolute Gasteiger partial charge is 0.471 e. The van der Waals surface area contributed by atoms with Crippen LogP contribution < -0.4 is 14.4 Å². The highest BCUT2D eigenvalue weighted by molar-refractivity contribution is 9.10. The Morgan fingerprint density at radius 3 is 2.65 bits per heavy atom. The van der Waals surface area contributed by atoms with Gasteiger partial charge in [-0.15, -0.1) is 0 Å². The van der Waals surface area contributed by atoms with Crippen LogP contribution in [0.3, 0.4) is 0 Å². The molecule has 1 unspecified atom stereocenters. The summed E-state index contributed by atoms with van der Waals surface area (Å²) in [6.07, 6.45) is -4.99. The number of benzene rings is 2. The molecule has 0 bridgehead atoms. The fourth-order valence-electron chi connectivity index (χ4n) is 3.85. The Morgan fingerprint density at radius 1 is 1.16 bits per heavy atom. The monoisotopic (exact) mass is 499 g/mol. The number of methoxy groups -OCH3 is 1. The molecule has 0 fully saturated rings. The molecule has 0 saturated carbocycles. The zero-order valence-electron chi connectivity index (χ0n) is 16.2. The second-order valence-corrected chi connectivity index (χ2v) is 8.02. The maximum Gasteiger partial charge on any atom is 0.471 e. The number of hydrogen-bond donors (Lipinski definition) is 0. The Morgan fingerprint density at radius 2 is 1.94 bits per heavy atom. The standard InChI is InChI=1S/C21H17BrF3NO5/c1-29-18(27)7-11-9-30-17-8-12(5-6-13(11)17)26(20(28)21(23,24)25)16-10-31-19-14(16)3-2-4-15(19)22/h2-6,8,11,16H,7,9-10H2,1H3/t11-,16?/m1/s1. The van der Waals surface area contributed by atoms with Gasteiger partial charge in [0, 0.05) is 28.8 Å². The van der Waals surface area contributed by atoms with Crippen molar-refractivity contribution >= 4 is 33.5 Å². The Hall–Kier alpha value is -2.75. The number of carbonyl (C=O) groups is 2. The first-order chi connectivity index (χ1) is 14.7. The lowest BCUT2D eigenvalue weighted by Crippen LogP contribution is -2.44. The third-order valence-electron chi connectivity index (χ3n) is 5.31. The summed E-state index contributed by atoms with van der Waals surface area (Å²) in [6, 6.07) is 8.45. The molecule has 10 heteroatoms. The van der Waals surface area contributed by atoms with Crippen LogP contribution in [0.15, 0.2) is 40.9 Å². The van der Waals surface area contributed by atoms with E-state index in [0.29, 0.717) is 32.0 Å². The molecule has 0 aliphatic carbocycles. The van der Waals surface area contributed by atoms with E-state index in [1.807, 2.05) is 0 Å². The number of rotatable bonds is 4. The molecule has 0 saturated heterocycles. The van der Waals surface area contributed by atoms with Crippen LogP contribution in [0.4, 0.5) is 18.9 Å². The van der Waals surface area contributed by atoms with Crippen LogP contribution >= 0.6 is 15.9 Å². The van der Waals surface area contributed by atoms with Gasteiger partial charge in [-0.05, 0) is 28.1 Å². The van der Waals surface area contributed by atoms with E-state index < -0.39 is 24.1 Å². The van der Waals surface area contributed by atoms with Gasteiger partial charge in [0.25, 0.3) is 0 Å². The molecule has 0 aromatic heterocycles. The molecule has 2 aromatic carbocycles. The number of fused-ring (bicyclic) bond motifs is 2. The second kappa shape index (κ2) is 8.07. The third-order valence-corrected chi connectivity index (χ3v) is 5.94. The highest BCUT2D eigenvalue weighted by Gasteiger charge is 2.48. The van der Waals surface area contributed by atoms with Crippen LogP contribution in [-0.4, -0.2) is 38.4 Å². The van der Waals surface area contributed by atoms with Crippen molar-refractivity contribution in [2.75, 3.05) is 25.2 Å². The van der Waals surface area contributed by atoms with Crippen LogP contribution in [-0.2, 0) is 14.3 Å². The van der Waals surface area contributed by atoms with Gasteiger partial charge in [-0.2, -0.15) is 13.2 Å². The first-order valence-electron chi connectivity index (χ1n) is 9.36. The van der Waals surface area contributed by atoms with Crippen molar-refractivity contribution in [2.24, 2.45) is 0 Å². The van der Waals surface area contributed by atoms with Gasteiger partial charge < -0.3 is 14.2 Å². The molecule has 2 aromatic rings. The summed E-state index contributed by atoms with van der Waals surface area (Å²) in [5, 5.41) is 0. The van der Waals surface area contributed by atoms with E-state index in [1.165, 1.54) is 19.2 Å². The highest BCUT2D eigenvalue weighted by Crippen LogP contribution is 2.45. The largest absolute Gasteiger partial charge is 0.493 e. The summed E-state index contributed by atoms with van der Waals surface area (Å²) >= 11 is 3.32. The van der Waals surface area contributed by atoms with Gasteiger partial charge in [-0.3, -0.25) is 14.5 Å². The Bertz CT molecular complexity index is 1040. The summed E-state index contributed by atoms with van der Waals surface area (Å²) in [5.41, 5.74) is 1.18. The third kappa shape index (κ3) is 3.96. The molecule has 164 valence electrons. The molecule has 6 nitrogen and oxygen atoms in total. The molecule has 0 N–H and O–H groups in total. The predicted octanol–water partition coefficient (Wildman–Crippen LogP) is 4.52.